The third-order valence-corrected chi connectivity index (χ3v) is 6.50. The summed E-state index contributed by atoms with van der Waals surface area (Å²) >= 11 is 1.34. The maximum atomic E-state index is 13.0. The average molecular weight is 462 g/mol. The molecule has 33 heavy (non-hydrogen) atoms. The molecule has 1 atom stereocenters. The molecule has 0 aliphatic heterocycles. The Hall–Kier alpha value is -3.19. The van der Waals surface area contributed by atoms with Crippen molar-refractivity contribution < 1.29 is 14.4 Å². The lowest BCUT2D eigenvalue weighted by Gasteiger charge is -2.13. The fourth-order valence-electron chi connectivity index (χ4n) is 3.36. The van der Waals surface area contributed by atoms with Crippen LogP contribution in [-0.4, -0.2) is 33.9 Å². The number of para-hydroxylation sites is 1. The van der Waals surface area contributed by atoms with E-state index in [0.717, 1.165) is 23.7 Å². The summed E-state index contributed by atoms with van der Waals surface area (Å²) in [5.41, 5.74) is 2.53. The molecule has 7 heteroatoms. The van der Waals surface area contributed by atoms with E-state index in [1.165, 1.54) is 11.8 Å². The van der Waals surface area contributed by atoms with E-state index in [2.05, 4.69) is 15.6 Å². The van der Waals surface area contributed by atoms with Crippen LogP contribution in [0.5, 0.6) is 0 Å². The van der Waals surface area contributed by atoms with Gasteiger partial charge in [-0.3, -0.25) is 14.4 Å². The summed E-state index contributed by atoms with van der Waals surface area (Å²) in [5.74, 6) is -0.327. The van der Waals surface area contributed by atoms with E-state index in [1.807, 2.05) is 45.0 Å². The fraction of sp³-hybridized carbons (Fsp3) is 0.308. The number of rotatable bonds is 8. The van der Waals surface area contributed by atoms with Gasteiger partial charge in [0.15, 0.2) is 5.78 Å². The highest BCUT2D eigenvalue weighted by molar-refractivity contribution is 8.00. The SMILES string of the molecule is CC(C)C(=O)Nc1ccc(C(=O)C(C)Sc2cc(C(=O)NC3CC3)c3ccccc3n2)cc1. The topological polar surface area (TPSA) is 88.2 Å². The van der Waals surface area contributed by atoms with Gasteiger partial charge in [-0.15, -0.1) is 0 Å². The van der Waals surface area contributed by atoms with Crippen LogP contribution in [0.4, 0.5) is 5.69 Å². The molecule has 0 spiro atoms. The first-order chi connectivity index (χ1) is 15.8. The Bertz CT molecular complexity index is 1200. The van der Waals surface area contributed by atoms with Gasteiger partial charge in [-0.25, -0.2) is 4.98 Å². The van der Waals surface area contributed by atoms with Crippen LogP contribution in [0, 0.1) is 5.92 Å². The minimum Gasteiger partial charge on any atom is -0.349 e. The molecule has 0 saturated heterocycles. The van der Waals surface area contributed by atoms with Crippen molar-refractivity contribution in [1.82, 2.24) is 10.3 Å². The fourth-order valence-corrected chi connectivity index (χ4v) is 4.31. The summed E-state index contributed by atoms with van der Waals surface area (Å²) in [5, 5.41) is 6.91. The van der Waals surface area contributed by atoms with Gasteiger partial charge in [0.2, 0.25) is 5.91 Å². The number of carbonyl (C=O) groups is 3. The van der Waals surface area contributed by atoms with Crippen LogP contribution in [0.1, 0.15) is 54.3 Å². The normalized spacial score (nSPS) is 14.2. The number of ketones is 1. The van der Waals surface area contributed by atoms with E-state index in [1.54, 1.807) is 30.3 Å². The molecule has 1 aliphatic carbocycles. The number of hydrogen-bond acceptors (Lipinski definition) is 5. The molecule has 170 valence electrons. The number of benzene rings is 2. The Balaban J connectivity index is 1.51. The predicted octanol–water partition coefficient (Wildman–Crippen LogP) is 5.09. The Morgan fingerprint density at radius 3 is 2.36 bits per heavy atom. The van der Waals surface area contributed by atoms with Crippen molar-refractivity contribution >= 4 is 45.9 Å². The van der Waals surface area contributed by atoms with Gasteiger partial charge in [0.05, 0.1) is 21.4 Å². The monoisotopic (exact) mass is 461 g/mol. The van der Waals surface area contributed by atoms with Crippen LogP contribution in [0.15, 0.2) is 59.6 Å². The number of thioether (sulfide) groups is 1. The Morgan fingerprint density at radius 1 is 1.00 bits per heavy atom. The van der Waals surface area contributed by atoms with Gasteiger partial charge in [0.25, 0.3) is 5.91 Å². The van der Waals surface area contributed by atoms with Crippen LogP contribution >= 0.6 is 11.8 Å². The third-order valence-electron chi connectivity index (χ3n) is 5.48. The number of nitrogens with one attached hydrogen (secondary N) is 2. The lowest BCUT2D eigenvalue weighted by molar-refractivity contribution is -0.118. The van der Waals surface area contributed by atoms with Crippen molar-refractivity contribution in [2.24, 2.45) is 5.92 Å². The van der Waals surface area contributed by atoms with Crippen LogP contribution in [0.2, 0.25) is 0 Å². The highest BCUT2D eigenvalue weighted by Crippen LogP contribution is 2.29. The largest absolute Gasteiger partial charge is 0.349 e. The molecule has 2 amide bonds. The first-order valence-corrected chi connectivity index (χ1v) is 12.0. The second-order valence-electron chi connectivity index (χ2n) is 8.62. The van der Waals surface area contributed by atoms with Crippen LogP contribution in [0.3, 0.4) is 0 Å². The van der Waals surface area contributed by atoms with Crippen molar-refractivity contribution in [3.63, 3.8) is 0 Å². The van der Waals surface area contributed by atoms with Gasteiger partial charge in [-0.1, -0.05) is 43.8 Å². The molecule has 6 nitrogen and oxygen atoms in total. The number of carbonyl (C=O) groups excluding carboxylic acids is 3. The quantitative estimate of drug-likeness (QED) is 0.361. The van der Waals surface area contributed by atoms with E-state index in [9.17, 15) is 14.4 Å². The number of hydrogen-bond donors (Lipinski definition) is 2. The first-order valence-electron chi connectivity index (χ1n) is 11.1. The van der Waals surface area contributed by atoms with Gasteiger partial charge < -0.3 is 10.6 Å². The molecule has 2 N–H and O–H groups in total. The molecule has 0 bridgehead atoms. The van der Waals surface area contributed by atoms with E-state index >= 15 is 0 Å². The molecular weight excluding hydrogens is 434 g/mol. The lowest BCUT2D eigenvalue weighted by atomic mass is 10.1. The molecule has 4 rings (SSSR count). The van der Waals surface area contributed by atoms with E-state index in [4.69, 9.17) is 0 Å². The zero-order valence-electron chi connectivity index (χ0n) is 18.9. The Morgan fingerprint density at radius 2 is 1.70 bits per heavy atom. The number of fused-ring (bicyclic) bond motifs is 1. The van der Waals surface area contributed by atoms with Gasteiger partial charge in [0, 0.05) is 28.6 Å². The minimum absolute atomic E-state index is 0.0410. The highest BCUT2D eigenvalue weighted by atomic mass is 32.2. The molecule has 2 aromatic carbocycles. The number of nitrogens with zero attached hydrogens (tertiary/aromatic N) is 1. The maximum absolute atomic E-state index is 13.0. The first kappa shape index (κ1) is 23.0. The number of aromatic nitrogens is 1. The second kappa shape index (κ2) is 9.75. The summed E-state index contributed by atoms with van der Waals surface area (Å²) in [4.78, 5) is 42.4. The molecule has 1 aliphatic rings. The second-order valence-corrected chi connectivity index (χ2v) is 9.98. The van der Waals surface area contributed by atoms with Gasteiger partial charge in [-0.2, -0.15) is 0 Å². The molecule has 1 unspecified atom stereocenters. The highest BCUT2D eigenvalue weighted by Gasteiger charge is 2.25. The molecule has 0 radical (unpaired) electrons. The van der Waals surface area contributed by atoms with E-state index in [-0.39, 0.29) is 29.6 Å². The van der Waals surface area contributed by atoms with Gasteiger partial charge >= 0.3 is 0 Å². The van der Waals surface area contributed by atoms with Crippen molar-refractivity contribution in [2.45, 2.75) is 49.9 Å². The summed E-state index contributed by atoms with van der Waals surface area (Å²) < 4.78 is 0. The van der Waals surface area contributed by atoms with Crippen molar-refractivity contribution in [3.8, 4) is 0 Å². The molecule has 1 aromatic heterocycles. The van der Waals surface area contributed by atoms with Gasteiger partial charge in [-0.05, 0) is 56.2 Å². The summed E-state index contributed by atoms with van der Waals surface area (Å²) in [6, 6.07) is 16.5. The summed E-state index contributed by atoms with van der Waals surface area (Å²) in [7, 11) is 0. The van der Waals surface area contributed by atoms with Crippen LogP contribution < -0.4 is 10.6 Å². The third kappa shape index (κ3) is 5.60. The molecule has 3 aromatic rings. The number of pyridine rings is 1. The Kier molecular flexibility index (Phi) is 6.79. The zero-order chi connectivity index (χ0) is 23.5. The van der Waals surface area contributed by atoms with E-state index in [0.29, 0.717) is 21.8 Å². The van der Waals surface area contributed by atoms with Crippen molar-refractivity contribution in [2.75, 3.05) is 5.32 Å². The minimum atomic E-state index is -0.394. The number of amides is 2. The van der Waals surface area contributed by atoms with Crippen molar-refractivity contribution in [1.29, 1.82) is 0 Å². The maximum Gasteiger partial charge on any atom is 0.252 e. The predicted molar refractivity (Wildman–Crippen MR) is 132 cm³/mol. The zero-order valence-corrected chi connectivity index (χ0v) is 19.7. The average Bonchev–Trinajstić information content (AvgIpc) is 3.62. The standard InChI is InChI=1S/C26H27N3O3S/c1-15(2)25(31)27-18-10-8-17(9-11-18)24(30)16(3)33-23-14-21(26(32)28-19-12-13-19)20-6-4-5-7-22(20)29-23/h4-11,14-16,19H,12-13H2,1-3H3,(H,27,31)(H,28,32). The van der Waals surface area contributed by atoms with E-state index < -0.39 is 5.25 Å². The van der Waals surface area contributed by atoms with Gasteiger partial charge in [0.1, 0.15) is 0 Å². The van der Waals surface area contributed by atoms with Crippen LogP contribution in [-0.2, 0) is 4.79 Å². The molecule has 1 fully saturated rings. The molecule has 1 saturated carbocycles. The molecule has 1 heterocycles. The molecular formula is C26H27N3O3S. The lowest BCUT2D eigenvalue weighted by Crippen LogP contribution is -2.25. The van der Waals surface area contributed by atoms with Crippen molar-refractivity contribution in [3.05, 3.63) is 65.7 Å². The van der Waals surface area contributed by atoms with Crippen LogP contribution in [0.25, 0.3) is 10.9 Å². The number of Topliss-reactive ketones (excluding diaryl/α,β-unsaturated/α-hetero) is 1. The summed E-state index contributed by atoms with van der Waals surface area (Å²) in [6.07, 6.45) is 2.03. The Labute approximate surface area is 197 Å². The summed E-state index contributed by atoms with van der Waals surface area (Å²) in [6.45, 7) is 5.49. The smallest absolute Gasteiger partial charge is 0.252 e. The number of anilines is 1.